The highest BCUT2D eigenvalue weighted by Crippen LogP contribution is 2.53. The molecule has 1 heterocycles. The predicted octanol–water partition coefficient (Wildman–Crippen LogP) is 5.41. The summed E-state index contributed by atoms with van der Waals surface area (Å²) in [6.45, 7) is 8.09. The second-order valence-electron chi connectivity index (χ2n) is 8.85. The Labute approximate surface area is 209 Å². The van der Waals surface area contributed by atoms with E-state index >= 15 is 0 Å². The largest absolute Gasteiger partial charge is 0.456 e. The molecular weight excluding hydrogens is 483 g/mol. The van der Waals surface area contributed by atoms with Crippen LogP contribution in [0, 0.1) is 0 Å². The van der Waals surface area contributed by atoms with Gasteiger partial charge in [-0.25, -0.2) is 0 Å². The van der Waals surface area contributed by atoms with Crippen molar-refractivity contribution in [3.05, 3.63) is 83.4 Å². The summed E-state index contributed by atoms with van der Waals surface area (Å²) in [5.74, 6) is 4.33. The molecule has 0 saturated heterocycles. The van der Waals surface area contributed by atoms with E-state index in [2.05, 4.69) is 18.9 Å². The molecular formula is C26H36N2O5PS+. The molecule has 1 aliphatic heterocycles. The fraction of sp³-hybridized carbons (Fsp3) is 0.385. The van der Waals surface area contributed by atoms with Crippen molar-refractivity contribution in [2.24, 2.45) is 0 Å². The van der Waals surface area contributed by atoms with Crippen LogP contribution in [0.3, 0.4) is 0 Å². The monoisotopic (exact) mass is 519 g/mol. The Balaban J connectivity index is 1.75. The van der Waals surface area contributed by atoms with E-state index in [0.717, 1.165) is 41.8 Å². The first kappa shape index (κ1) is 27.4. The van der Waals surface area contributed by atoms with Crippen molar-refractivity contribution in [3.8, 4) is 0 Å². The van der Waals surface area contributed by atoms with Crippen molar-refractivity contribution >= 4 is 28.9 Å². The van der Waals surface area contributed by atoms with Crippen molar-refractivity contribution in [1.82, 2.24) is 5.09 Å². The smallest absolute Gasteiger partial charge is 0.264 e. The van der Waals surface area contributed by atoms with E-state index in [4.69, 9.17) is 9.29 Å². The van der Waals surface area contributed by atoms with Gasteiger partial charge in [0, 0.05) is 22.8 Å². The van der Waals surface area contributed by atoms with Crippen LogP contribution >= 0.6 is 7.29 Å². The molecule has 0 unspecified atom stereocenters. The third-order valence-corrected chi connectivity index (χ3v) is 9.28. The van der Waals surface area contributed by atoms with Gasteiger partial charge in [-0.3, -0.25) is 14.2 Å². The van der Waals surface area contributed by atoms with Crippen LogP contribution in [0.15, 0.2) is 72.3 Å². The molecule has 0 aromatic heterocycles. The lowest BCUT2D eigenvalue weighted by molar-refractivity contribution is -0.923. The molecule has 0 fully saturated rings. The number of quaternary nitrogens is 1. The molecule has 0 saturated carbocycles. The van der Waals surface area contributed by atoms with Gasteiger partial charge in [-0.05, 0) is 26.7 Å². The summed E-state index contributed by atoms with van der Waals surface area (Å²) in [7, 11) is -6.97. The number of ether oxygens (including phenoxy) is 1. The highest BCUT2D eigenvalue weighted by atomic mass is 32.2. The molecule has 2 aromatic carbocycles. The second kappa shape index (κ2) is 12.2. The minimum Gasteiger partial charge on any atom is -0.456 e. The molecule has 190 valence electrons. The number of hydrogen-bond donors (Lipinski definition) is 2. The van der Waals surface area contributed by atoms with Crippen LogP contribution in [-0.4, -0.2) is 55.9 Å². The van der Waals surface area contributed by atoms with Crippen molar-refractivity contribution in [3.63, 3.8) is 0 Å². The standard InChI is InChI=1S/C26H35N2O5PS/c1-3-28(4-2,18-11-12-20-35(30,31)32)19-17-27-34(29)21-25(23-13-7-5-8-14-23)33-26(22-34)24-15-9-6-10-16-24/h5-10,13-16,21-22H,3-4,11-12,17-20H2,1-2H3,(H-,27,29,30,31,32)/p+1. The van der Waals surface area contributed by atoms with Gasteiger partial charge < -0.3 is 9.22 Å². The molecule has 0 amide bonds. The number of nitrogens with zero attached hydrogens (tertiary/aromatic N) is 1. The summed E-state index contributed by atoms with van der Waals surface area (Å²) in [5, 5.41) is 3.31. The van der Waals surface area contributed by atoms with Gasteiger partial charge in [-0.2, -0.15) is 8.42 Å². The zero-order chi connectivity index (χ0) is 25.4. The van der Waals surface area contributed by atoms with Crippen molar-refractivity contribution in [2.45, 2.75) is 26.7 Å². The van der Waals surface area contributed by atoms with Gasteiger partial charge in [0.2, 0.25) is 0 Å². The summed E-state index contributed by atoms with van der Waals surface area (Å²) in [5.41, 5.74) is 1.73. The molecule has 0 atom stereocenters. The number of benzene rings is 2. The number of likely N-dealkylation sites (N-methyl/N-ethyl adjacent to an activating group) is 1. The molecule has 0 aliphatic carbocycles. The highest BCUT2D eigenvalue weighted by Gasteiger charge is 2.29. The Morgan fingerprint density at radius 3 is 1.83 bits per heavy atom. The molecule has 0 spiro atoms. The van der Waals surface area contributed by atoms with Crippen LogP contribution in [0.25, 0.3) is 11.5 Å². The van der Waals surface area contributed by atoms with E-state index in [1.807, 2.05) is 60.7 Å². The van der Waals surface area contributed by atoms with Gasteiger partial charge in [0.05, 0.1) is 38.5 Å². The van der Waals surface area contributed by atoms with Crippen molar-refractivity contribution < 1.29 is 26.8 Å². The number of unbranched alkanes of at least 4 members (excludes halogenated alkanes) is 1. The third-order valence-electron chi connectivity index (χ3n) is 6.53. The Morgan fingerprint density at radius 2 is 1.37 bits per heavy atom. The SMILES string of the molecule is CC[N+](CC)(CCCCS(=O)(=O)O)CCNP1(=O)C=C(c2ccccc2)OC(c2ccccc2)=C1. The summed E-state index contributed by atoms with van der Waals surface area (Å²) in [6.07, 6.45) is 1.12. The van der Waals surface area contributed by atoms with Gasteiger partial charge in [-0.1, -0.05) is 60.7 Å². The van der Waals surface area contributed by atoms with E-state index in [1.54, 1.807) is 11.6 Å². The maximum absolute atomic E-state index is 14.0. The molecule has 3 rings (SSSR count). The predicted molar refractivity (Wildman–Crippen MR) is 142 cm³/mol. The maximum atomic E-state index is 14.0. The minimum absolute atomic E-state index is 0.214. The highest BCUT2D eigenvalue weighted by molar-refractivity contribution is 7.85. The molecule has 35 heavy (non-hydrogen) atoms. The zero-order valence-electron chi connectivity index (χ0n) is 20.5. The minimum atomic E-state index is -3.93. The lowest BCUT2D eigenvalue weighted by atomic mass is 10.2. The van der Waals surface area contributed by atoms with Crippen LogP contribution in [0.2, 0.25) is 0 Å². The summed E-state index contributed by atoms with van der Waals surface area (Å²) >= 11 is 0. The van der Waals surface area contributed by atoms with Crippen molar-refractivity contribution in [1.29, 1.82) is 0 Å². The normalized spacial score (nSPS) is 15.7. The van der Waals surface area contributed by atoms with Gasteiger partial charge in [0.15, 0.2) is 7.29 Å². The van der Waals surface area contributed by atoms with Crippen LogP contribution in [0.5, 0.6) is 0 Å². The van der Waals surface area contributed by atoms with Crippen LogP contribution in [0.1, 0.15) is 37.8 Å². The number of hydrogen-bond acceptors (Lipinski definition) is 4. The maximum Gasteiger partial charge on any atom is 0.264 e. The van der Waals surface area contributed by atoms with E-state index < -0.39 is 17.4 Å². The van der Waals surface area contributed by atoms with E-state index in [-0.39, 0.29) is 5.75 Å². The fourth-order valence-corrected chi connectivity index (χ4v) is 6.66. The molecule has 9 heteroatoms. The van der Waals surface area contributed by atoms with Gasteiger partial charge >= 0.3 is 0 Å². The van der Waals surface area contributed by atoms with Crippen LogP contribution in [-0.2, 0) is 19.4 Å². The topological polar surface area (TPSA) is 92.7 Å². The first-order valence-electron chi connectivity index (χ1n) is 12.1. The Morgan fingerprint density at radius 1 is 0.857 bits per heavy atom. The molecule has 0 radical (unpaired) electrons. The van der Waals surface area contributed by atoms with Gasteiger partial charge in [0.25, 0.3) is 10.1 Å². The average Bonchev–Trinajstić information content (AvgIpc) is 2.86. The molecule has 7 nitrogen and oxygen atoms in total. The Kier molecular flexibility index (Phi) is 9.50. The summed E-state index contributed by atoms with van der Waals surface area (Å²) in [4.78, 5) is 0. The summed E-state index contributed by atoms with van der Waals surface area (Å²) in [6, 6.07) is 19.3. The van der Waals surface area contributed by atoms with Crippen molar-refractivity contribution in [2.75, 3.05) is 38.5 Å². The third kappa shape index (κ3) is 8.16. The lowest BCUT2D eigenvalue weighted by Crippen LogP contribution is -2.51. The fourth-order valence-electron chi connectivity index (χ4n) is 4.28. The second-order valence-corrected chi connectivity index (χ2v) is 12.7. The molecule has 0 bridgehead atoms. The van der Waals surface area contributed by atoms with E-state index in [1.165, 1.54) is 0 Å². The van der Waals surface area contributed by atoms with Gasteiger partial charge in [0.1, 0.15) is 11.5 Å². The number of nitrogens with one attached hydrogen (secondary N) is 1. The molecule has 1 aliphatic rings. The number of rotatable bonds is 13. The van der Waals surface area contributed by atoms with Crippen LogP contribution < -0.4 is 5.09 Å². The lowest BCUT2D eigenvalue weighted by Gasteiger charge is -2.37. The quantitative estimate of drug-likeness (QED) is 0.159. The van der Waals surface area contributed by atoms with E-state index in [0.29, 0.717) is 30.9 Å². The average molecular weight is 520 g/mol. The Hall–Kier alpha value is -2.22. The first-order valence-corrected chi connectivity index (χ1v) is 15.5. The zero-order valence-corrected chi connectivity index (χ0v) is 22.2. The first-order chi connectivity index (χ1) is 16.7. The molecule has 2 N–H and O–H groups in total. The van der Waals surface area contributed by atoms with E-state index in [9.17, 15) is 13.0 Å². The van der Waals surface area contributed by atoms with Gasteiger partial charge in [-0.15, -0.1) is 0 Å². The Bertz CT molecular complexity index is 1120. The summed E-state index contributed by atoms with van der Waals surface area (Å²) < 4.78 is 52.0. The van der Waals surface area contributed by atoms with Crippen LogP contribution in [0.4, 0.5) is 0 Å². The molecule has 2 aromatic rings.